The van der Waals surface area contributed by atoms with Crippen LogP contribution in [0.15, 0.2) is 84.6 Å². The molecule has 0 aliphatic carbocycles. The summed E-state index contributed by atoms with van der Waals surface area (Å²) in [5.41, 5.74) is 2.96. The van der Waals surface area contributed by atoms with E-state index < -0.39 is 17.9 Å². The van der Waals surface area contributed by atoms with Gasteiger partial charge in [0, 0.05) is 17.1 Å². The number of aromatic carboxylic acids is 1. The number of carboxylic acid groups (broad SMARTS) is 1. The maximum Gasteiger partial charge on any atom is 0.335 e. The Morgan fingerprint density at radius 1 is 0.933 bits per heavy atom. The SMILES string of the molecule is O=C(O)c1ccc(C2C(c3ccccc3)=C(O)C(=O)N2Cc2ccc(Cl)cc2)cc1. The lowest BCUT2D eigenvalue weighted by Crippen LogP contribution is -2.29. The number of amides is 1. The van der Waals surface area contributed by atoms with Crippen LogP contribution in [0.5, 0.6) is 0 Å². The minimum Gasteiger partial charge on any atom is -0.503 e. The number of benzene rings is 3. The van der Waals surface area contributed by atoms with E-state index in [0.29, 0.717) is 16.2 Å². The second kappa shape index (κ2) is 8.05. The van der Waals surface area contributed by atoms with Gasteiger partial charge in [0.1, 0.15) is 0 Å². The van der Waals surface area contributed by atoms with Crippen molar-refractivity contribution in [2.75, 3.05) is 0 Å². The number of rotatable bonds is 5. The van der Waals surface area contributed by atoms with Crippen molar-refractivity contribution in [3.63, 3.8) is 0 Å². The first-order chi connectivity index (χ1) is 14.5. The summed E-state index contributed by atoms with van der Waals surface area (Å²) in [5, 5.41) is 20.5. The molecular weight excluding hydrogens is 402 g/mol. The van der Waals surface area contributed by atoms with Gasteiger partial charge in [0.05, 0.1) is 11.6 Å². The Balaban J connectivity index is 1.79. The summed E-state index contributed by atoms with van der Waals surface area (Å²) < 4.78 is 0. The fourth-order valence-corrected chi connectivity index (χ4v) is 3.80. The molecule has 4 rings (SSSR count). The van der Waals surface area contributed by atoms with Crippen LogP contribution >= 0.6 is 11.6 Å². The van der Waals surface area contributed by atoms with Crippen LogP contribution in [-0.2, 0) is 11.3 Å². The minimum atomic E-state index is -1.02. The van der Waals surface area contributed by atoms with Gasteiger partial charge in [-0.2, -0.15) is 0 Å². The molecule has 5 nitrogen and oxygen atoms in total. The maximum absolute atomic E-state index is 13.0. The van der Waals surface area contributed by atoms with Crippen LogP contribution in [0.25, 0.3) is 5.57 Å². The summed E-state index contributed by atoms with van der Waals surface area (Å²) in [7, 11) is 0. The molecule has 1 aliphatic rings. The number of hydrogen-bond acceptors (Lipinski definition) is 3. The van der Waals surface area contributed by atoms with E-state index >= 15 is 0 Å². The van der Waals surface area contributed by atoms with Gasteiger partial charge in [-0.1, -0.05) is 66.2 Å². The minimum absolute atomic E-state index is 0.154. The van der Waals surface area contributed by atoms with E-state index in [1.807, 2.05) is 42.5 Å². The molecule has 0 saturated carbocycles. The van der Waals surface area contributed by atoms with E-state index in [-0.39, 0.29) is 17.9 Å². The lowest BCUT2D eigenvalue weighted by atomic mass is 9.93. The number of carbonyl (C=O) groups excluding carboxylic acids is 1. The van der Waals surface area contributed by atoms with Gasteiger partial charge in [-0.05, 0) is 41.0 Å². The Morgan fingerprint density at radius 3 is 2.17 bits per heavy atom. The van der Waals surface area contributed by atoms with E-state index in [1.54, 1.807) is 29.2 Å². The third-order valence-corrected chi connectivity index (χ3v) is 5.38. The van der Waals surface area contributed by atoms with E-state index in [1.165, 1.54) is 12.1 Å². The lowest BCUT2D eigenvalue weighted by Gasteiger charge is -2.27. The van der Waals surface area contributed by atoms with E-state index in [2.05, 4.69) is 0 Å². The summed E-state index contributed by atoms with van der Waals surface area (Å²) in [5.74, 6) is -1.80. The predicted molar refractivity (Wildman–Crippen MR) is 114 cm³/mol. The molecule has 3 aromatic rings. The van der Waals surface area contributed by atoms with Crippen molar-refractivity contribution in [1.82, 2.24) is 4.90 Å². The first kappa shape index (κ1) is 19.7. The summed E-state index contributed by atoms with van der Waals surface area (Å²) in [6, 6.07) is 22.2. The van der Waals surface area contributed by atoms with Crippen LogP contribution in [0, 0.1) is 0 Å². The molecule has 0 spiro atoms. The van der Waals surface area contributed by atoms with Crippen LogP contribution in [0.2, 0.25) is 5.02 Å². The van der Waals surface area contributed by atoms with Crippen LogP contribution in [0.3, 0.4) is 0 Å². The highest BCUT2D eigenvalue weighted by atomic mass is 35.5. The Kier molecular flexibility index (Phi) is 5.29. The molecule has 1 atom stereocenters. The van der Waals surface area contributed by atoms with Crippen LogP contribution in [-0.4, -0.2) is 27.0 Å². The van der Waals surface area contributed by atoms with Gasteiger partial charge >= 0.3 is 5.97 Å². The van der Waals surface area contributed by atoms with Crippen LogP contribution < -0.4 is 0 Å². The first-order valence-electron chi connectivity index (χ1n) is 9.33. The molecule has 0 aromatic heterocycles. The molecule has 1 amide bonds. The summed E-state index contributed by atoms with van der Waals surface area (Å²) in [6.07, 6.45) is 0. The molecule has 1 heterocycles. The quantitative estimate of drug-likeness (QED) is 0.603. The standard InChI is InChI=1S/C24H18ClNO4/c25-19-12-6-15(7-13-19)14-26-21(17-8-10-18(11-9-17)24(29)30)20(22(27)23(26)28)16-4-2-1-3-5-16/h1-13,21,27H,14H2,(H,29,30). The van der Waals surface area contributed by atoms with Gasteiger partial charge in [-0.25, -0.2) is 4.79 Å². The molecule has 30 heavy (non-hydrogen) atoms. The Bertz CT molecular complexity index is 1120. The smallest absolute Gasteiger partial charge is 0.335 e. The largest absolute Gasteiger partial charge is 0.503 e. The normalized spacial score (nSPS) is 16.2. The van der Waals surface area contributed by atoms with Crippen molar-refractivity contribution in [2.45, 2.75) is 12.6 Å². The lowest BCUT2D eigenvalue weighted by molar-refractivity contribution is -0.130. The number of aliphatic hydroxyl groups is 1. The molecule has 2 N–H and O–H groups in total. The average Bonchev–Trinajstić information content (AvgIpc) is 3.01. The Morgan fingerprint density at radius 2 is 1.57 bits per heavy atom. The van der Waals surface area contributed by atoms with Crippen LogP contribution in [0.1, 0.15) is 33.1 Å². The number of halogens is 1. The number of nitrogens with zero attached hydrogens (tertiary/aromatic N) is 1. The molecule has 0 radical (unpaired) electrons. The molecule has 1 unspecified atom stereocenters. The molecule has 0 saturated heterocycles. The highest BCUT2D eigenvalue weighted by molar-refractivity contribution is 6.30. The zero-order valence-electron chi connectivity index (χ0n) is 15.8. The molecule has 1 aliphatic heterocycles. The monoisotopic (exact) mass is 419 g/mol. The highest BCUT2D eigenvalue weighted by Gasteiger charge is 2.40. The van der Waals surface area contributed by atoms with Crippen molar-refractivity contribution in [2.24, 2.45) is 0 Å². The summed E-state index contributed by atoms with van der Waals surface area (Å²) in [6.45, 7) is 0.266. The van der Waals surface area contributed by atoms with Crippen molar-refractivity contribution in [3.8, 4) is 0 Å². The van der Waals surface area contributed by atoms with Gasteiger partial charge in [-0.15, -0.1) is 0 Å². The molecule has 3 aromatic carbocycles. The molecule has 150 valence electrons. The number of hydrogen-bond donors (Lipinski definition) is 2. The van der Waals surface area contributed by atoms with Crippen molar-refractivity contribution in [1.29, 1.82) is 0 Å². The molecular formula is C24H18ClNO4. The number of carboxylic acids is 1. The number of aliphatic hydroxyl groups excluding tert-OH is 1. The second-order valence-corrected chi connectivity index (χ2v) is 7.45. The zero-order valence-corrected chi connectivity index (χ0v) is 16.6. The first-order valence-corrected chi connectivity index (χ1v) is 9.70. The van der Waals surface area contributed by atoms with Gasteiger partial charge < -0.3 is 15.1 Å². The zero-order chi connectivity index (χ0) is 21.3. The van der Waals surface area contributed by atoms with Gasteiger partial charge in [0.15, 0.2) is 5.76 Å². The number of carbonyl (C=O) groups is 2. The third kappa shape index (κ3) is 3.67. The highest BCUT2D eigenvalue weighted by Crippen LogP contribution is 2.43. The molecule has 0 bridgehead atoms. The third-order valence-electron chi connectivity index (χ3n) is 5.13. The predicted octanol–water partition coefficient (Wildman–Crippen LogP) is 5.09. The topological polar surface area (TPSA) is 77.8 Å². The van der Waals surface area contributed by atoms with Gasteiger partial charge in [0.2, 0.25) is 0 Å². The summed E-state index contributed by atoms with van der Waals surface area (Å²) in [4.78, 5) is 25.8. The van der Waals surface area contributed by atoms with Crippen LogP contribution in [0.4, 0.5) is 0 Å². The van der Waals surface area contributed by atoms with Crippen molar-refractivity contribution >= 4 is 29.1 Å². The van der Waals surface area contributed by atoms with E-state index in [4.69, 9.17) is 11.6 Å². The molecule has 6 heteroatoms. The van der Waals surface area contributed by atoms with E-state index in [9.17, 15) is 19.8 Å². The van der Waals surface area contributed by atoms with Gasteiger partial charge in [0.25, 0.3) is 5.91 Å². The molecule has 0 fully saturated rings. The second-order valence-electron chi connectivity index (χ2n) is 7.02. The Labute approximate surface area is 178 Å². The Hall–Kier alpha value is -3.57. The average molecular weight is 420 g/mol. The maximum atomic E-state index is 13.0. The fraction of sp³-hybridized carbons (Fsp3) is 0.0833. The van der Waals surface area contributed by atoms with E-state index in [0.717, 1.165) is 11.1 Å². The summed E-state index contributed by atoms with van der Waals surface area (Å²) >= 11 is 5.97. The van der Waals surface area contributed by atoms with Crippen molar-refractivity contribution in [3.05, 3.63) is 112 Å². The van der Waals surface area contributed by atoms with Crippen molar-refractivity contribution < 1.29 is 19.8 Å². The fourth-order valence-electron chi connectivity index (χ4n) is 3.67. The van der Waals surface area contributed by atoms with Gasteiger partial charge in [-0.3, -0.25) is 4.79 Å².